The zero-order valence-corrected chi connectivity index (χ0v) is 14.4. The molecule has 1 unspecified atom stereocenters. The lowest BCUT2D eigenvalue weighted by molar-refractivity contribution is 0.589. The van der Waals surface area contributed by atoms with Crippen molar-refractivity contribution in [2.75, 3.05) is 11.9 Å². The van der Waals surface area contributed by atoms with Crippen LogP contribution >= 0.6 is 0 Å². The molecule has 2 aromatic heterocycles. The van der Waals surface area contributed by atoms with E-state index < -0.39 is 10.0 Å². The van der Waals surface area contributed by atoms with Gasteiger partial charge in [0.05, 0.1) is 16.8 Å². The Bertz CT molecular complexity index is 1060. The fraction of sp³-hybridized carbons (Fsp3) is 0.176. The van der Waals surface area contributed by atoms with E-state index in [1.807, 2.05) is 13.1 Å². The van der Waals surface area contributed by atoms with Crippen LogP contribution in [0.15, 0.2) is 58.7 Å². The second kappa shape index (κ2) is 5.98. The fourth-order valence-electron chi connectivity index (χ4n) is 2.85. The maximum absolute atomic E-state index is 12.9. The molecular weight excluding hydrogens is 338 g/mol. The maximum Gasteiger partial charge on any atom is 0.269 e. The van der Waals surface area contributed by atoms with Crippen molar-refractivity contribution in [3.05, 3.63) is 54.4 Å². The second-order valence-corrected chi connectivity index (χ2v) is 7.57. The average Bonchev–Trinajstić information content (AvgIpc) is 3.28. The summed E-state index contributed by atoms with van der Waals surface area (Å²) in [5.74, 6) is 0. The summed E-state index contributed by atoms with van der Waals surface area (Å²) < 4.78 is 26.9. The number of aryl methyl sites for hydroxylation is 1. The summed E-state index contributed by atoms with van der Waals surface area (Å²) in [6.07, 6.45) is 4.81. The number of fused-ring (bicyclic) bond motifs is 1. The molecule has 0 saturated carbocycles. The molecule has 0 spiro atoms. The number of nitrogens with zero attached hydrogens (tertiary/aromatic N) is 3. The highest BCUT2D eigenvalue weighted by molar-refractivity contribution is 7.90. The zero-order valence-electron chi connectivity index (χ0n) is 13.5. The molecule has 4 rings (SSSR count). The van der Waals surface area contributed by atoms with E-state index in [2.05, 4.69) is 20.6 Å². The first-order valence-corrected chi connectivity index (χ1v) is 9.30. The Balaban J connectivity index is 1.78. The topological polar surface area (TPSA) is 88.4 Å². The number of aromatic nitrogens is 2. The minimum atomic E-state index is -3.68. The first-order chi connectivity index (χ1) is 12.1. The van der Waals surface area contributed by atoms with Crippen molar-refractivity contribution in [1.29, 1.82) is 0 Å². The number of pyridine rings is 1. The van der Waals surface area contributed by atoms with Crippen LogP contribution in [0.3, 0.4) is 0 Å². The number of anilines is 1. The SMILES string of the molecule is Cc1c(NC2N=CCN2)cnc2c1ccn2S(=O)(=O)c1ccccc1. The number of hydrogen-bond donors (Lipinski definition) is 2. The van der Waals surface area contributed by atoms with Crippen LogP contribution in [0, 0.1) is 6.92 Å². The molecule has 128 valence electrons. The molecule has 1 aromatic carbocycles. The van der Waals surface area contributed by atoms with E-state index in [-0.39, 0.29) is 11.2 Å². The van der Waals surface area contributed by atoms with Gasteiger partial charge in [-0.15, -0.1) is 0 Å². The first kappa shape index (κ1) is 15.8. The Labute approximate surface area is 145 Å². The third kappa shape index (κ3) is 2.69. The number of rotatable bonds is 4. The third-order valence-electron chi connectivity index (χ3n) is 4.20. The van der Waals surface area contributed by atoms with Crippen LogP contribution in [0.1, 0.15) is 5.56 Å². The molecule has 0 bridgehead atoms. The quantitative estimate of drug-likeness (QED) is 0.747. The Kier molecular flexibility index (Phi) is 3.78. The molecule has 0 aliphatic carbocycles. The van der Waals surface area contributed by atoms with Crippen molar-refractivity contribution in [2.45, 2.75) is 18.1 Å². The first-order valence-electron chi connectivity index (χ1n) is 7.86. The molecule has 3 heterocycles. The van der Waals surface area contributed by atoms with Crippen molar-refractivity contribution < 1.29 is 8.42 Å². The molecular formula is C17H17N5O2S. The summed E-state index contributed by atoms with van der Waals surface area (Å²) in [5, 5.41) is 7.20. The van der Waals surface area contributed by atoms with Gasteiger partial charge < -0.3 is 5.32 Å². The highest BCUT2D eigenvalue weighted by atomic mass is 32.2. The van der Waals surface area contributed by atoms with Crippen molar-refractivity contribution in [2.24, 2.45) is 4.99 Å². The van der Waals surface area contributed by atoms with Gasteiger partial charge in [0.25, 0.3) is 10.0 Å². The molecule has 3 aromatic rings. The number of nitrogens with one attached hydrogen (secondary N) is 2. The summed E-state index contributed by atoms with van der Waals surface area (Å²) in [6.45, 7) is 2.66. The lowest BCUT2D eigenvalue weighted by atomic mass is 10.2. The summed E-state index contributed by atoms with van der Waals surface area (Å²) in [6, 6.07) is 10.1. The van der Waals surface area contributed by atoms with E-state index in [0.29, 0.717) is 5.65 Å². The van der Waals surface area contributed by atoms with Gasteiger partial charge >= 0.3 is 0 Å². The van der Waals surface area contributed by atoms with Crippen LogP contribution < -0.4 is 10.6 Å². The normalized spacial score (nSPS) is 17.2. The Morgan fingerprint density at radius 2 is 2.04 bits per heavy atom. The predicted octanol–water partition coefficient (Wildman–Crippen LogP) is 1.95. The molecule has 0 radical (unpaired) electrons. The average molecular weight is 355 g/mol. The summed E-state index contributed by atoms with van der Waals surface area (Å²) >= 11 is 0. The van der Waals surface area contributed by atoms with E-state index in [1.54, 1.807) is 48.8 Å². The molecule has 0 fully saturated rings. The largest absolute Gasteiger partial charge is 0.350 e. The van der Waals surface area contributed by atoms with Gasteiger partial charge in [-0.3, -0.25) is 10.3 Å². The van der Waals surface area contributed by atoms with E-state index in [1.165, 1.54) is 3.97 Å². The molecule has 25 heavy (non-hydrogen) atoms. The number of hydrogen-bond acceptors (Lipinski definition) is 6. The highest BCUT2D eigenvalue weighted by Gasteiger charge is 2.21. The molecule has 2 N–H and O–H groups in total. The van der Waals surface area contributed by atoms with Crippen molar-refractivity contribution >= 4 is 33.0 Å². The van der Waals surface area contributed by atoms with Gasteiger partial charge in [-0.05, 0) is 30.7 Å². The Hall–Kier alpha value is -2.71. The third-order valence-corrected chi connectivity index (χ3v) is 5.88. The second-order valence-electron chi connectivity index (χ2n) is 5.75. The van der Waals surface area contributed by atoms with Crippen LogP contribution in [-0.4, -0.2) is 36.4 Å². The van der Waals surface area contributed by atoms with E-state index in [0.717, 1.165) is 23.2 Å². The van der Waals surface area contributed by atoms with Gasteiger partial charge in [-0.25, -0.2) is 17.4 Å². The van der Waals surface area contributed by atoms with Crippen LogP contribution in [0.4, 0.5) is 5.69 Å². The maximum atomic E-state index is 12.9. The van der Waals surface area contributed by atoms with Crippen LogP contribution in [-0.2, 0) is 10.0 Å². The summed E-state index contributed by atoms with van der Waals surface area (Å²) in [5.41, 5.74) is 2.16. The van der Waals surface area contributed by atoms with Crippen LogP contribution in [0.5, 0.6) is 0 Å². The van der Waals surface area contributed by atoms with Crippen LogP contribution in [0.25, 0.3) is 11.0 Å². The van der Waals surface area contributed by atoms with Gasteiger partial charge in [-0.1, -0.05) is 18.2 Å². The van der Waals surface area contributed by atoms with E-state index in [4.69, 9.17) is 0 Å². The minimum absolute atomic E-state index is 0.187. The lowest BCUT2D eigenvalue weighted by Crippen LogP contribution is -2.30. The zero-order chi connectivity index (χ0) is 17.4. The predicted molar refractivity (Wildman–Crippen MR) is 97.4 cm³/mol. The van der Waals surface area contributed by atoms with E-state index >= 15 is 0 Å². The van der Waals surface area contributed by atoms with Crippen molar-refractivity contribution in [3.8, 4) is 0 Å². The number of benzene rings is 1. The fourth-order valence-corrected chi connectivity index (χ4v) is 4.17. The molecule has 8 heteroatoms. The smallest absolute Gasteiger partial charge is 0.269 e. The van der Waals surface area contributed by atoms with Crippen molar-refractivity contribution in [1.82, 2.24) is 14.3 Å². The Morgan fingerprint density at radius 3 is 2.76 bits per heavy atom. The molecule has 0 amide bonds. The number of aliphatic imine (C=N–C) groups is 1. The van der Waals surface area contributed by atoms with Gasteiger partial charge in [0.2, 0.25) is 0 Å². The lowest BCUT2D eigenvalue weighted by Gasteiger charge is -2.15. The van der Waals surface area contributed by atoms with Crippen LogP contribution in [0.2, 0.25) is 0 Å². The highest BCUT2D eigenvalue weighted by Crippen LogP contribution is 2.27. The molecule has 1 aliphatic rings. The van der Waals surface area contributed by atoms with Gasteiger partial charge in [-0.2, -0.15) is 0 Å². The molecule has 0 saturated heterocycles. The molecule has 7 nitrogen and oxygen atoms in total. The standard InChI is InChI=1S/C17H17N5O2S/c1-12-14-7-10-22(25(23,24)13-5-3-2-4-6-13)16(14)20-11-15(12)21-17-18-8-9-19-17/h2-8,10-11,17,19,21H,9H2,1H3. The molecule has 1 atom stereocenters. The van der Waals surface area contributed by atoms with Gasteiger partial charge in [0, 0.05) is 24.3 Å². The molecule has 1 aliphatic heterocycles. The summed E-state index contributed by atoms with van der Waals surface area (Å²) in [4.78, 5) is 8.87. The van der Waals surface area contributed by atoms with Crippen molar-refractivity contribution in [3.63, 3.8) is 0 Å². The van der Waals surface area contributed by atoms with Gasteiger partial charge in [0.1, 0.15) is 0 Å². The summed E-state index contributed by atoms with van der Waals surface area (Å²) in [7, 11) is -3.68. The Morgan fingerprint density at radius 1 is 1.24 bits per heavy atom. The minimum Gasteiger partial charge on any atom is -0.350 e. The monoisotopic (exact) mass is 355 g/mol. The van der Waals surface area contributed by atoms with Gasteiger partial charge in [0.15, 0.2) is 11.9 Å². The van der Waals surface area contributed by atoms with E-state index in [9.17, 15) is 8.42 Å².